The van der Waals surface area contributed by atoms with Crippen LogP contribution in [0.2, 0.25) is 0 Å². The lowest BCUT2D eigenvalue weighted by Crippen LogP contribution is -2.31. The number of rotatable bonds is 6. The van der Waals surface area contributed by atoms with Crippen molar-refractivity contribution in [3.8, 4) is 5.75 Å². The zero-order chi connectivity index (χ0) is 14.4. The third-order valence-electron chi connectivity index (χ3n) is 2.73. The number of hydrogen-bond donors (Lipinski definition) is 2. The van der Waals surface area contributed by atoms with Crippen LogP contribution in [0, 0.1) is 0 Å². The fourth-order valence-electron chi connectivity index (χ4n) is 1.61. The van der Waals surface area contributed by atoms with Gasteiger partial charge in [-0.05, 0) is 24.3 Å². The average molecular weight is 275 g/mol. The number of nitrogens with one attached hydrogen (secondary N) is 1. The van der Waals surface area contributed by atoms with E-state index in [1.807, 2.05) is 11.6 Å². The summed E-state index contributed by atoms with van der Waals surface area (Å²) in [6.07, 6.45) is 2.26. The van der Waals surface area contributed by atoms with Crippen molar-refractivity contribution in [2.45, 2.75) is 6.42 Å². The summed E-state index contributed by atoms with van der Waals surface area (Å²) in [6, 6.07) is 6.90. The molecule has 20 heavy (non-hydrogen) atoms. The second kappa shape index (κ2) is 6.55. The number of anilines is 1. The zero-order valence-corrected chi connectivity index (χ0v) is 11.2. The second-order valence-electron chi connectivity index (χ2n) is 4.32. The van der Waals surface area contributed by atoms with Crippen molar-refractivity contribution in [1.29, 1.82) is 0 Å². The molecule has 0 aliphatic heterocycles. The summed E-state index contributed by atoms with van der Waals surface area (Å²) in [5.41, 5.74) is 6.22. The van der Waals surface area contributed by atoms with Gasteiger partial charge < -0.3 is 20.4 Å². The van der Waals surface area contributed by atoms with Crippen molar-refractivity contribution >= 4 is 11.6 Å². The molecule has 0 atom stereocenters. The first-order chi connectivity index (χ1) is 9.65. The highest BCUT2D eigenvalue weighted by Crippen LogP contribution is 2.12. The van der Waals surface area contributed by atoms with Crippen LogP contribution < -0.4 is 15.8 Å². The summed E-state index contributed by atoms with van der Waals surface area (Å²) < 4.78 is 7.15. The molecule has 7 heteroatoms. The van der Waals surface area contributed by atoms with E-state index in [1.165, 1.54) is 0 Å². The summed E-state index contributed by atoms with van der Waals surface area (Å²) in [7, 11) is 1.86. The summed E-state index contributed by atoms with van der Waals surface area (Å²) in [5, 5.41) is 10.5. The Morgan fingerprint density at radius 2 is 2.15 bits per heavy atom. The molecule has 1 aromatic carbocycles. The summed E-state index contributed by atoms with van der Waals surface area (Å²) in [5.74, 6) is 1.26. The van der Waals surface area contributed by atoms with E-state index < -0.39 is 0 Å². The van der Waals surface area contributed by atoms with Gasteiger partial charge >= 0.3 is 0 Å². The van der Waals surface area contributed by atoms with Gasteiger partial charge in [0.05, 0.1) is 0 Å². The minimum atomic E-state index is -0.177. The van der Waals surface area contributed by atoms with Gasteiger partial charge in [0.25, 0.3) is 5.91 Å². The maximum absolute atomic E-state index is 11.6. The Bertz CT molecular complexity index is 564. The fraction of sp³-hybridized carbons (Fsp3) is 0.308. The van der Waals surface area contributed by atoms with E-state index in [2.05, 4.69) is 15.5 Å². The molecule has 1 amide bonds. The Morgan fingerprint density at radius 3 is 2.80 bits per heavy atom. The van der Waals surface area contributed by atoms with Crippen molar-refractivity contribution in [1.82, 2.24) is 20.1 Å². The van der Waals surface area contributed by atoms with Gasteiger partial charge in [-0.15, -0.1) is 10.2 Å². The molecule has 7 nitrogen and oxygen atoms in total. The third-order valence-corrected chi connectivity index (χ3v) is 2.73. The number of amides is 1. The molecule has 0 bridgehead atoms. The predicted molar refractivity (Wildman–Crippen MR) is 74.1 cm³/mol. The van der Waals surface area contributed by atoms with Crippen LogP contribution >= 0.6 is 0 Å². The molecule has 0 spiro atoms. The Labute approximate surface area is 116 Å². The van der Waals surface area contributed by atoms with Gasteiger partial charge in [0.1, 0.15) is 17.9 Å². The normalized spacial score (nSPS) is 10.2. The quantitative estimate of drug-likeness (QED) is 0.731. The van der Waals surface area contributed by atoms with Gasteiger partial charge in [-0.2, -0.15) is 0 Å². The Morgan fingerprint density at radius 1 is 1.40 bits per heavy atom. The van der Waals surface area contributed by atoms with E-state index in [-0.39, 0.29) is 12.5 Å². The van der Waals surface area contributed by atoms with E-state index in [0.29, 0.717) is 24.4 Å². The Kier molecular flexibility index (Phi) is 4.54. The molecule has 0 unspecified atom stereocenters. The van der Waals surface area contributed by atoms with Crippen LogP contribution in [-0.2, 0) is 18.3 Å². The summed E-state index contributed by atoms with van der Waals surface area (Å²) >= 11 is 0. The number of nitrogens with zero attached hydrogens (tertiary/aromatic N) is 3. The predicted octanol–water partition coefficient (Wildman–Crippen LogP) is 0.135. The van der Waals surface area contributed by atoms with Crippen molar-refractivity contribution in [3.05, 3.63) is 36.4 Å². The second-order valence-corrected chi connectivity index (χ2v) is 4.32. The van der Waals surface area contributed by atoms with Crippen molar-refractivity contribution in [2.24, 2.45) is 7.05 Å². The molecule has 0 saturated heterocycles. The van der Waals surface area contributed by atoms with Gasteiger partial charge in [0.15, 0.2) is 6.61 Å². The maximum Gasteiger partial charge on any atom is 0.257 e. The first-order valence-electron chi connectivity index (χ1n) is 6.23. The number of nitrogens with two attached hydrogens (primary N) is 1. The molecular weight excluding hydrogens is 258 g/mol. The number of aromatic nitrogens is 3. The van der Waals surface area contributed by atoms with E-state index in [1.54, 1.807) is 30.6 Å². The zero-order valence-electron chi connectivity index (χ0n) is 11.2. The number of benzene rings is 1. The van der Waals surface area contributed by atoms with Crippen LogP contribution in [0.3, 0.4) is 0 Å². The van der Waals surface area contributed by atoms with Gasteiger partial charge in [0.2, 0.25) is 0 Å². The van der Waals surface area contributed by atoms with E-state index in [9.17, 15) is 4.79 Å². The van der Waals surface area contributed by atoms with Crippen LogP contribution in [0.4, 0.5) is 5.69 Å². The Balaban J connectivity index is 1.68. The summed E-state index contributed by atoms with van der Waals surface area (Å²) in [6.45, 7) is 0.471. The van der Waals surface area contributed by atoms with E-state index in [4.69, 9.17) is 10.5 Å². The molecule has 0 radical (unpaired) electrons. The first kappa shape index (κ1) is 13.9. The molecule has 0 aliphatic carbocycles. The number of nitrogen functional groups attached to an aromatic ring is 1. The van der Waals surface area contributed by atoms with Crippen molar-refractivity contribution in [3.63, 3.8) is 0 Å². The minimum absolute atomic E-state index is 0.0251. The number of carbonyl (C=O) groups is 1. The van der Waals surface area contributed by atoms with E-state index in [0.717, 1.165) is 5.82 Å². The Hall–Kier alpha value is -2.57. The van der Waals surface area contributed by atoms with Crippen LogP contribution in [0.25, 0.3) is 0 Å². The minimum Gasteiger partial charge on any atom is -0.484 e. The monoisotopic (exact) mass is 275 g/mol. The number of hydrogen-bond acceptors (Lipinski definition) is 5. The lowest BCUT2D eigenvalue weighted by molar-refractivity contribution is -0.123. The molecule has 106 valence electrons. The SMILES string of the molecule is Cn1cnnc1CCNC(=O)COc1ccc(N)cc1. The third kappa shape index (κ3) is 3.98. The molecular formula is C13H17N5O2. The van der Waals surface area contributed by atoms with Crippen LogP contribution in [0.5, 0.6) is 5.75 Å². The molecule has 2 rings (SSSR count). The highest BCUT2D eigenvalue weighted by Gasteiger charge is 2.04. The molecule has 3 N–H and O–H groups in total. The first-order valence-corrected chi connectivity index (χ1v) is 6.23. The van der Waals surface area contributed by atoms with Crippen LogP contribution in [0.1, 0.15) is 5.82 Å². The highest BCUT2D eigenvalue weighted by molar-refractivity contribution is 5.77. The number of carbonyl (C=O) groups excluding carboxylic acids is 1. The van der Waals surface area contributed by atoms with Gasteiger partial charge in [-0.25, -0.2) is 0 Å². The molecule has 0 aliphatic rings. The molecule has 0 fully saturated rings. The van der Waals surface area contributed by atoms with Crippen LogP contribution in [0.15, 0.2) is 30.6 Å². The van der Waals surface area contributed by atoms with Gasteiger partial charge in [-0.3, -0.25) is 4.79 Å². The topological polar surface area (TPSA) is 95.1 Å². The van der Waals surface area contributed by atoms with Gasteiger partial charge in [0, 0.05) is 25.7 Å². The highest BCUT2D eigenvalue weighted by atomic mass is 16.5. The fourth-order valence-corrected chi connectivity index (χ4v) is 1.61. The van der Waals surface area contributed by atoms with Gasteiger partial charge in [-0.1, -0.05) is 0 Å². The largest absolute Gasteiger partial charge is 0.484 e. The smallest absolute Gasteiger partial charge is 0.257 e. The van der Waals surface area contributed by atoms with Crippen molar-refractivity contribution < 1.29 is 9.53 Å². The molecule has 0 saturated carbocycles. The molecule has 1 heterocycles. The lowest BCUT2D eigenvalue weighted by atomic mass is 10.3. The molecule has 2 aromatic rings. The standard InChI is InChI=1S/C13H17N5O2/c1-18-9-16-17-12(18)6-7-15-13(19)8-20-11-4-2-10(14)3-5-11/h2-5,9H,6-8,14H2,1H3,(H,15,19). The van der Waals surface area contributed by atoms with E-state index >= 15 is 0 Å². The lowest BCUT2D eigenvalue weighted by Gasteiger charge is -2.07. The maximum atomic E-state index is 11.6. The average Bonchev–Trinajstić information content (AvgIpc) is 2.84. The number of aryl methyl sites for hydroxylation is 1. The van der Waals surface area contributed by atoms with Crippen molar-refractivity contribution in [2.75, 3.05) is 18.9 Å². The van der Waals surface area contributed by atoms with Crippen LogP contribution in [-0.4, -0.2) is 33.8 Å². The summed E-state index contributed by atoms with van der Waals surface area (Å²) in [4.78, 5) is 11.6. The molecule has 1 aromatic heterocycles. The number of ether oxygens (including phenoxy) is 1.